The summed E-state index contributed by atoms with van der Waals surface area (Å²) >= 11 is 2.85. The molecule has 1 aliphatic heterocycles. The van der Waals surface area contributed by atoms with Gasteiger partial charge in [-0.15, -0.1) is 22.7 Å². The molecule has 1 fully saturated rings. The number of carbonyl (C=O) groups is 2. The number of β-amino-alcohol motifs (C(OH)–C–C–N with tert-alkyl or cyclic N) is 1. The Hall–Kier alpha value is -3.45. The summed E-state index contributed by atoms with van der Waals surface area (Å²) in [6, 6.07) is 8.65. The van der Waals surface area contributed by atoms with Gasteiger partial charge in [0.1, 0.15) is 11.6 Å². The molecule has 2 unspecified atom stereocenters. The van der Waals surface area contributed by atoms with Gasteiger partial charge in [0.15, 0.2) is 5.82 Å². The quantitative estimate of drug-likeness (QED) is 0.305. The predicted molar refractivity (Wildman–Crippen MR) is 132 cm³/mol. The molecule has 1 aliphatic rings. The van der Waals surface area contributed by atoms with Gasteiger partial charge in [-0.1, -0.05) is 6.07 Å². The summed E-state index contributed by atoms with van der Waals surface area (Å²) in [5, 5.41) is 20.4. The van der Waals surface area contributed by atoms with E-state index in [2.05, 4.69) is 20.6 Å². The van der Waals surface area contributed by atoms with Crippen molar-refractivity contribution in [2.24, 2.45) is 5.73 Å². The molecular weight excluding hydrogens is 474 g/mol. The summed E-state index contributed by atoms with van der Waals surface area (Å²) in [6.07, 6.45) is 0.920. The van der Waals surface area contributed by atoms with Crippen molar-refractivity contribution in [2.75, 3.05) is 30.3 Å². The van der Waals surface area contributed by atoms with Gasteiger partial charge < -0.3 is 21.5 Å². The molecule has 174 valence electrons. The average molecular weight is 496 g/mol. The third kappa shape index (κ3) is 4.75. The summed E-state index contributed by atoms with van der Waals surface area (Å²) in [7, 11) is 0. The summed E-state index contributed by atoms with van der Waals surface area (Å²) < 4.78 is 0.865. The van der Waals surface area contributed by atoms with Gasteiger partial charge in [0, 0.05) is 24.8 Å². The molecule has 0 spiro atoms. The number of fused-ring (bicyclic) bond motifs is 1. The zero-order valence-electron chi connectivity index (χ0n) is 17.8. The second-order valence-corrected chi connectivity index (χ2v) is 9.73. The van der Waals surface area contributed by atoms with Crippen LogP contribution in [0.5, 0.6) is 0 Å². The number of carbonyl (C=O) groups excluding carboxylic acids is 2. The monoisotopic (exact) mass is 495 g/mol. The van der Waals surface area contributed by atoms with E-state index in [1.54, 1.807) is 24.4 Å². The van der Waals surface area contributed by atoms with E-state index in [0.717, 1.165) is 10.2 Å². The summed E-state index contributed by atoms with van der Waals surface area (Å²) in [4.78, 5) is 39.7. The van der Waals surface area contributed by atoms with Crippen LogP contribution >= 0.6 is 22.7 Å². The highest BCUT2D eigenvalue weighted by Gasteiger charge is 2.32. The number of aliphatic hydroxyl groups excluding tert-OH is 1. The van der Waals surface area contributed by atoms with Crippen LogP contribution in [-0.4, -0.2) is 68.6 Å². The molecule has 0 radical (unpaired) electrons. The Labute approximate surface area is 202 Å². The number of primary amides is 1. The van der Waals surface area contributed by atoms with Gasteiger partial charge in [0.2, 0.25) is 5.91 Å². The van der Waals surface area contributed by atoms with Crippen LogP contribution in [-0.2, 0) is 4.79 Å². The van der Waals surface area contributed by atoms with E-state index in [0.29, 0.717) is 41.0 Å². The zero-order valence-corrected chi connectivity index (χ0v) is 19.5. The SMILES string of the molecule is NC(=O)CN1CC(O)C(Nc2nc(-c3ccnc(NC(=O)c4cccs4)c3)nc3ccsc23)C1. The molecule has 2 amide bonds. The van der Waals surface area contributed by atoms with E-state index >= 15 is 0 Å². The lowest BCUT2D eigenvalue weighted by atomic mass is 10.2. The second-order valence-electron chi connectivity index (χ2n) is 7.87. The van der Waals surface area contributed by atoms with Crippen LogP contribution in [0.25, 0.3) is 21.6 Å². The van der Waals surface area contributed by atoms with Crippen LogP contribution in [0.3, 0.4) is 0 Å². The van der Waals surface area contributed by atoms with Crippen molar-refractivity contribution in [1.82, 2.24) is 19.9 Å². The summed E-state index contributed by atoms with van der Waals surface area (Å²) in [6.45, 7) is 0.907. The number of nitrogens with one attached hydrogen (secondary N) is 2. The predicted octanol–water partition coefficient (Wildman–Crippen LogP) is 2.01. The first-order valence-corrected chi connectivity index (χ1v) is 12.2. The van der Waals surface area contributed by atoms with Gasteiger partial charge in [-0.25, -0.2) is 15.0 Å². The van der Waals surface area contributed by atoms with Gasteiger partial charge in [0.05, 0.1) is 33.8 Å². The molecule has 0 bridgehead atoms. The first kappa shape index (κ1) is 22.3. The third-order valence-corrected chi connectivity index (χ3v) is 7.15. The van der Waals surface area contributed by atoms with E-state index in [4.69, 9.17) is 10.7 Å². The van der Waals surface area contributed by atoms with Crippen molar-refractivity contribution in [1.29, 1.82) is 0 Å². The molecule has 2 atom stereocenters. The van der Waals surface area contributed by atoms with E-state index < -0.39 is 12.0 Å². The van der Waals surface area contributed by atoms with E-state index in [9.17, 15) is 14.7 Å². The number of thiophene rings is 2. The van der Waals surface area contributed by atoms with Crippen LogP contribution in [0.1, 0.15) is 9.67 Å². The Bertz CT molecular complexity index is 1340. The van der Waals surface area contributed by atoms with E-state index in [1.165, 1.54) is 22.7 Å². The highest BCUT2D eigenvalue weighted by molar-refractivity contribution is 7.17. The first-order valence-electron chi connectivity index (χ1n) is 10.5. The number of aromatic nitrogens is 3. The number of amides is 2. The van der Waals surface area contributed by atoms with Gasteiger partial charge in [-0.3, -0.25) is 14.5 Å². The van der Waals surface area contributed by atoms with Crippen molar-refractivity contribution in [3.63, 3.8) is 0 Å². The fourth-order valence-electron chi connectivity index (χ4n) is 3.85. The van der Waals surface area contributed by atoms with Gasteiger partial charge in [-0.2, -0.15) is 0 Å². The molecule has 5 rings (SSSR count). The molecule has 0 saturated carbocycles. The Balaban J connectivity index is 1.41. The van der Waals surface area contributed by atoms with Crippen molar-refractivity contribution in [2.45, 2.75) is 12.1 Å². The van der Waals surface area contributed by atoms with Crippen LogP contribution in [0.4, 0.5) is 11.6 Å². The normalized spacial score (nSPS) is 18.3. The van der Waals surface area contributed by atoms with Crippen LogP contribution < -0.4 is 16.4 Å². The standard InChI is InChI=1S/C22H21N7O3S2/c23-17(31)11-29-9-14(15(30)10-29)26-21-19-13(4-7-34-19)25-20(28-21)12-3-5-24-18(8-12)27-22(32)16-2-1-6-33-16/h1-8,14-15,30H,9-11H2,(H2,23,31)(H,24,27,32)(H,25,26,28). The number of pyridine rings is 1. The minimum Gasteiger partial charge on any atom is -0.390 e. The lowest BCUT2D eigenvalue weighted by molar-refractivity contribution is -0.118. The van der Waals surface area contributed by atoms with Gasteiger partial charge in [-0.05, 0) is 35.0 Å². The molecule has 34 heavy (non-hydrogen) atoms. The van der Waals surface area contributed by atoms with Crippen molar-refractivity contribution >= 4 is 56.3 Å². The number of nitrogens with two attached hydrogens (primary N) is 1. The van der Waals surface area contributed by atoms with Crippen LogP contribution in [0.2, 0.25) is 0 Å². The number of rotatable bonds is 7. The molecule has 12 heteroatoms. The second kappa shape index (κ2) is 9.43. The average Bonchev–Trinajstić information content (AvgIpc) is 3.55. The molecule has 4 aromatic heterocycles. The van der Waals surface area contributed by atoms with Gasteiger partial charge >= 0.3 is 0 Å². The Morgan fingerprint density at radius 3 is 2.85 bits per heavy atom. The minimum absolute atomic E-state index is 0.0929. The molecule has 0 aliphatic carbocycles. The van der Waals surface area contributed by atoms with Crippen LogP contribution in [0, 0.1) is 0 Å². The fraction of sp³-hybridized carbons (Fsp3) is 0.227. The minimum atomic E-state index is -0.673. The van der Waals surface area contributed by atoms with E-state index in [-0.39, 0.29) is 18.5 Å². The molecule has 5 N–H and O–H groups in total. The molecular formula is C22H21N7O3S2. The number of aliphatic hydroxyl groups is 1. The van der Waals surface area contributed by atoms with Crippen molar-refractivity contribution in [3.05, 3.63) is 52.2 Å². The first-order chi connectivity index (χ1) is 16.5. The number of hydrogen-bond acceptors (Lipinski definition) is 10. The third-order valence-electron chi connectivity index (χ3n) is 5.37. The maximum absolute atomic E-state index is 12.4. The molecule has 5 heterocycles. The largest absolute Gasteiger partial charge is 0.390 e. The Kier molecular flexibility index (Phi) is 6.20. The van der Waals surface area contributed by atoms with Crippen LogP contribution in [0.15, 0.2) is 47.3 Å². The molecule has 10 nitrogen and oxygen atoms in total. The van der Waals surface area contributed by atoms with Crippen molar-refractivity contribution in [3.8, 4) is 11.4 Å². The number of anilines is 2. The summed E-state index contributed by atoms with van der Waals surface area (Å²) in [5.41, 5.74) is 6.75. The van der Waals surface area contributed by atoms with E-state index in [1.807, 2.05) is 27.8 Å². The number of likely N-dealkylation sites (tertiary alicyclic amines) is 1. The van der Waals surface area contributed by atoms with Crippen molar-refractivity contribution < 1.29 is 14.7 Å². The molecule has 0 aromatic carbocycles. The molecule has 1 saturated heterocycles. The lowest BCUT2D eigenvalue weighted by Crippen LogP contribution is -2.34. The lowest BCUT2D eigenvalue weighted by Gasteiger charge is -2.18. The zero-order chi connectivity index (χ0) is 23.7. The fourth-order valence-corrected chi connectivity index (χ4v) is 5.25. The number of hydrogen-bond donors (Lipinski definition) is 4. The summed E-state index contributed by atoms with van der Waals surface area (Å²) in [5.74, 6) is 0.794. The Morgan fingerprint density at radius 1 is 1.18 bits per heavy atom. The van der Waals surface area contributed by atoms with Gasteiger partial charge in [0.25, 0.3) is 5.91 Å². The number of nitrogens with zero attached hydrogens (tertiary/aromatic N) is 4. The topological polar surface area (TPSA) is 146 Å². The maximum Gasteiger partial charge on any atom is 0.266 e. The highest BCUT2D eigenvalue weighted by atomic mass is 32.1. The molecule has 4 aromatic rings. The maximum atomic E-state index is 12.4. The smallest absolute Gasteiger partial charge is 0.266 e. The Morgan fingerprint density at radius 2 is 2.06 bits per heavy atom. The highest BCUT2D eigenvalue weighted by Crippen LogP contribution is 2.31.